The molecule has 32 heavy (non-hydrogen) atoms. The molecule has 12 nitrogen and oxygen atoms in total. The van der Waals surface area contributed by atoms with Crippen molar-refractivity contribution in [2.24, 2.45) is 7.05 Å². The van der Waals surface area contributed by atoms with Crippen LogP contribution in [0.15, 0.2) is 53.8 Å². The number of aryl methyl sites for hydroxylation is 1. The van der Waals surface area contributed by atoms with Gasteiger partial charge in [0, 0.05) is 12.7 Å². The van der Waals surface area contributed by atoms with E-state index in [1.807, 2.05) is 12.1 Å². The second-order valence-electron chi connectivity index (χ2n) is 7.41. The predicted molar refractivity (Wildman–Crippen MR) is 108 cm³/mol. The van der Waals surface area contributed by atoms with E-state index >= 15 is 0 Å². The lowest BCUT2D eigenvalue weighted by atomic mass is 10.2. The summed E-state index contributed by atoms with van der Waals surface area (Å²) in [4.78, 5) is 24.5. The largest absolute Gasteiger partial charge is 0.482 e. The third kappa shape index (κ3) is 4.07. The number of ether oxygens (including phenoxy) is 1. The Balaban J connectivity index is 1.21. The van der Waals surface area contributed by atoms with E-state index in [0.29, 0.717) is 18.1 Å². The van der Waals surface area contributed by atoms with Crippen LogP contribution >= 0.6 is 0 Å². The van der Waals surface area contributed by atoms with Crippen LogP contribution in [-0.4, -0.2) is 76.0 Å². The van der Waals surface area contributed by atoms with Gasteiger partial charge in [-0.05, 0) is 12.1 Å². The molecule has 1 N–H and O–H groups in total. The summed E-state index contributed by atoms with van der Waals surface area (Å²) >= 11 is 0. The molecule has 5 heterocycles. The fourth-order valence-corrected chi connectivity index (χ4v) is 3.47. The van der Waals surface area contributed by atoms with Crippen LogP contribution in [0.4, 0.5) is 0 Å². The lowest BCUT2D eigenvalue weighted by Crippen LogP contribution is -2.31. The number of aromatic nitrogens is 7. The molecule has 2 atom stereocenters. The van der Waals surface area contributed by atoms with Gasteiger partial charge in [0.15, 0.2) is 11.4 Å². The van der Waals surface area contributed by atoms with E-state index in [1.165, 1.54) is 16.0 Å². The van der Waals surface area contributed by atoms with Gasteiger partial charge in [-0.2, -0.15) is 20.1 Å². The van der Waals surface area contributed by atoms with Crippen LogP contribution in [0.5, 0.6) is 5.75 Å². The molecule has 5 rings (SSSR count). The van der Waals surface area contributed by atoms with Gasteiger partial charge in [-0.3, -0.25) is 14.5 Å². The molecule has 1 saturated heterocycles. The van der Waals surface area contributed by atoms with Gasteiger partial charge in [-0.25, -0.2) is 4.98 Å². The van der Waals surface area contributed by atoms with Crippen molar-refractivity contribution in [1.82, 2.24) is 39.6 Å². The first-order chi connectivity index (χ1) is 15.5. The number of β-amino-alcohol motifs (C(OH)–C–C–N with tert-alkyl or cyclic N) is 1. The number of nitrogens with zero attached hydrogens (tertiary/aromatic N) is 8. The van der Waals surface area contributed by atoms with Crippen molar-refractivity contribution in [3.8, 4) is 11.4 Å². The number of hydrogen-bond acceptors (Lipinski definition) is 9. The van der Waals surface area contributed by atoms with Gasteiger partial charge in [-0.1, -0.05) is 0 Å². The fourth-order valence-electron chi connectivity index (χ4n) is 3.47. The van der Waals surface area contributed by atoms with Crippen LogP contribution in [0.2, 0.25) is 0 Å². The maximum absolute atomic E-state index is 12.8. The first kappa shape index (κ1) is 19.9. The number of oxazole rings is 1. The van der Waals surface area contributed by atoms with Crippen molar-refractivity contribution in [3.63, 3.8) is 0 Å². The van der Waals surface area contributed by atoms with Crippen LogP contribution in [0.25, 0.3) is 5.69 Å². The van der Waals surface area contributed by atoms with Gasteiger partial charge >= 0.3 is 0 Å². The minimum Gasteiger partial charge on any atom is -0.482 e. The molecule has 0 aromatic carbocycles. The van der Waals surface area contributed by atoms with Gasteiger partial charge in [0.1, 0.15) is 24.2 Å². The van der Waals surface area contributed by atoms with Crippen molar-refractivity contribution in [2.45, 2.75) is 18.6 Å². The summed E-state index contributed by atoms with van der Waals surface area (Å²) in [6, 6.07) is 3.66. The summed E-state index contributed by atoms with van der Waals surface area (Å²) in [6.07, 6.45) is 8.40. The Morgan fingerprint density at radius 1 is 1.22 bits per heavy atom. The number of rotatable bonds is 6. The molecule has 4 aromatic rings. The van der Waals surface area contributed by atoms with Crippen molar-refractivity contribution in [3.05, 3.63) is 66.7 Å². The Kier molecular flexibility index (Phi) is 5.11. The highest BCUT2D eigenvalue weighted by Gasteiger charge is 2.37. The number of pyridine rings is 1. The quantitative estimate of drug-likeness (QED) is 0.450. The number of hydrogen-bond donors (Lipinski definition) is 1. The molecule has 1 amide bonds. The Hall–Kier alpha value is -4.06. The molecular formula is C20H20N8O4. The van der Waals surface area contributed by atoms with Gasteiger partial charge in [0.05, 0.1) is 50.5 Å². The zero-order valence-electron chi connectivity index (χ0n) is 17.1. The van der Waals surface area contributed by atoms with E-state index in [9.17, 15) is 9.90 Å². The molecule has 1 fully saturated rings. The molecule has 1 aliphatic heterocycles. The summed E-state index contributed by atoms with van der Waals surface area (Å²) in [5, 5.41) is 22.5. The second-order valence-corrected chi connectivity index (χ2v) is 7.41. The molecule has 1 aliphatic rings. The molecule has 0 spiro atoms. The van der Waals surface area contributed by atoms with Gasteiger partial charge in [0.2, 0.25) is 5.89 Å². The average Bonchev–Trinajstić information content (AvgIpc) is 3.58. The third-order valence-corrected chi connectivity index (χ3v) is 5.05. The molecule has 0 saturated carbocycles. The van der Waals surface area contributed by atoms with Gasteiger partial charge in [0.25, 0.3) is 5.91 Å². The van der Waals surface area contributed by atoms with Gasteiger partial charge in [-0.15, -0.1) is 0 Å². The number of aliphatic hydroxyl groups excluding tert-OH is 1. The minimum absolute atomic E-state index is 0.149. The standard InChI is InChI=1S/C20H20N8O4/c1-26-9-15(8-24-26)32-18-11-27(10-17(18)29)20(30)16-12-31-19(25-16)6-13-2-3-14(7-21-13)28-22-4-5-23-28/h2-5,7-9,12,17-18,29H,6,10-11H2,1H3/t17-,18-/m1/s1. The summed E-state index contributed by atoms with van der Waals surface area (Å²) in [6.45, 7) is 0.387. The molecule has 0 bridgehead atoms. The number of carbonyl (C=O) groups excluding carboxylic acids is 1. The highest BCUT2D eigenvalue weighted by molar-refractivity contribution is 5.92. The average molecular weight is 436 g/mol. The monoisotopic (exact) mass is 436 g/mol. The van der Waals surface area contributed by atoms with Crippen molar-refractivity contribution in [2.75, 3.05) is 13.1 Å². The van der Waals surface area contributed by atoms with Crippen LogP contribution in [0.3, 0.4) is 0 Å². The maximum Gasteiger partial charge on any atom is 0.276 e. The van der Waals surface area contributed by atoms with E-state index in [1.54, 1.807) is 42.7 Å². The molecule has 164 valence electrons. The molecule has 4 aromatic heterocycles. The topological polar surface area (TPSA) is 137 Å². The first-order valence-electron chi connectivity index (χ1n) is 9.94. The van der Waals surface area contributed by atoms with E-state index in [2.05, 4.69) is 25.3 Å². The smallest absolute Gasteiger partial charge is 0.276 e. The van der Waals surface area contributed by atoms with Crippen molar-refractivity contribution < 1.29 is 19.1 Å². The fraction of sp³-hybridized carbons (Fsp3) is 0.300. The van der Waals surface area contributed by atoms with E-state index in [-0.39, 0.29) is 24.7 Å². The minimum atomic E-state index is -0.808. The number of amides is 1. The molecule has 0 aliphatic carbocycles. The van der Waals surface area contributed by atoms with E-state index in [4.69, 9.17) is 9.15 Å². The lowest BCUT2D eigenvalue weighted by molar-refractivity contribution is 0.0728. The molecule has 12 heteroatoms. The zero-order valence-corrected chi connectivity index (χ0v) is 17.1. The van der Waals surface area contributed by atoms with Crippen LogP contribution < -0.4 is 4.74 Å². The second kappa shape index (κ2) is 8.23. The first-order valence-corrected chi connectivity index (χ1v) is 9.94. The Bertz CT molecular complexity index is 1200. The highest BCUT2D eigenvalue weighted by Crippen LogP contribution is 2.20. The number of carbonyl (C=O) groups is 1. The van der Waals surface area contributed by atoms with Crippen molar-refractivity contribution in [1.29, 1.82) is 0 Å². The third-order valence-electron chi connectivity index (χ3n) is 5.05. The van der Waals surface area contributed by atoms with Crippen LogP contribution in [0, 0.1) is 0 Å². The normalized spacial score (nSPS) is 18.2. The Morgan fingerprint density at radius 2 is 2.06 bits per heavy atom. The SMILES string of the molecule is Cn1cc(O[C@@H]2CN(C(=O)c3coc(Cc4ccc(-n5nccn5)cn4)n3)C[C@H]2O)cn1. The van der Waals surface area contributed by atoms with E-state index < -0.39 is 12.2 Å². The Labute approximate surface area is 182 Å². The zero-order chi connectivity index (χ0) is 22.1. The van der Waals surface area contributed by atoms with Crippen LogP contribution in [-0.2, 0) is 13.5 Å². The number of likely N-dealkylation sites (tertiary alicyclic amines) is 1. The molecular weight excluding hydrogens is 416 g/mol. The van der Waals surface area contributed by atoms with Crippen molar-refractivity contribution >= 4 is 5.91 Å². The maximum atomic E-state index is 12.8. The summed E-state index contributed by atoms with van der Waals surface area (Å²) in [7, 11) is 1.77. The summed E-state index contributed by atoms with van der Waals surface area (Å²) in [5.41, 5.74) is 1.63. The van der Waals surface area contributed by atoms with Crippen LogP contribution in [0.1, 0.15) is 22.1 Å². The highest BCUT2D eigenvalue weighted by atomic mass is 16.5. The molecule has 0 radical (unpaired) electrons. The number of aliphatic hydroxyl groups is 1. The van der Waals surface area contributed by atoms with E-state index in [0.717, 1.165) is 11.4 Å². The Morgan fingerprint density at radius 3 is 2.78 bits per heavy atom. The van der Waals surface area contributed by atoms with Gasteiger partial charge < -0.3 is 19.2 Å². The summed E-state index contributed by atoms with van der Waals surface area (Å²) in [5.74, 6) is 0.578. The summed E-state index contributed by atoms with van der Waals surface area (Å²) < 4.78 is 12.8. The molecule has 0 unspecified atom stereocenters. The lowest BCUT2D eigenvalue weighted by Gasteiger charge is -2.15. The predicted octanol–water partition coefficient (Wildman–Crippen LogP) is 0.239.